The molecular formula is C14H14ClF3N2O. The molecule has 0 atom stereocenters. The van der Waals surface area contributed by atoms with Crippen LogP contribution in [0.1, 0.15) is 32.3 Å². The molecule has 1 rings (SSSR count). The molecule has 3 nitrogen and oxygen atoms in total. The molecular weight excluding hydrogens is 305 g/mol. The van der Waals surface area contributed by atoms with Gasteiger partial charge < -0.3 is 5.32 Å². The molecule has 7 heteroatoms. The van der Waals surface area contributed by atoms with E-state index in [-0.39, 0.29) is 23.6 Å². The maximum atomic E-state index is 12.7. The number of hydrogen-bond donors (Lipinski definition) is 1. The number of hydrogen-bond acceptors (Lipinski definition) is 2. The van der Waals surface area contributed by atoms with E-state index >= 15 is 0 Å². The van der Waals surface area contributed by atoms with Crippen molar-refractivity contribution in [1.29, 1.82) is 5.26 Å². The first-order valence-electron chi connectivity index (χ1n) is 6.29. The van der Waals surface area contributed by atoms with E-state index in [1.807, 2.05) is 6.07 Å². The summed E-state index contributed by atoms with van der Waals surface area (Å²) in [6.45, 7) is 3.34. The number of halogens is 4. The molecule has 114 valence electrons. The third-order valence-electron chi connectivity index (χ3n) is 3.34. The molecule has 0 spiro atoms. The molecule has 0 aliphatic carbocycles. The molecule has 1 aromatic carbocycles. The number of alkyl halides is 3. The summed E-state index contributed by atoms with van der Waals surface area (Å²) in [6, 6.07) is 4.70. The van der Waals surface area contributed by atoms with Crippen LogP contribution in [0.15, 0.2) is 18.2 Å². The average molecular weight is 319 g/mol. The summed E-state index contributed by atoms with van der Waals surface area (Å²) in [7, 11) is 0. The Labute approximate surface area is 125 Å². The highest BCUT2D eigenvalue weighted by molar-refractivity contribution is 6.31. The van der Waals surface area contributed by atoms with Gasteiger partial charge >= 0.3 is 6.18 Å². The zero-order valence-corrected chi connectivity index (χ0v) is 12.3. The van der Waals surface area contributed by atoms with E-state index in [0.717, 1.165) is 12.1 Å². The number of rotatable bonds is 4. The van der Waals surface area contributed by atoms with Gasteiger partial charge in [-0.1, -0.05) is 25.4 Å². The lowest BCUT2D eigenvalue weighted by molar-refractivity contribution is -0.137. The number of carbonyl (C=O) groups is 1. The molecule has 0 unspecified atom stereocenters. The molecule has 1 N–H and O–H groups in total. The first kappa shape index (κ1) is 17.3. The van der Waals surface area contributed by atoms with Crippen LogP contribution in [-0.2, 0) is 11.0 Å². The van der Waals surface area contributed by atoms with Crippen molar-refractivity contribution in [3.63, 3.8) is 0 Å². The smallest absolute Gasteiger partial charge is 0.325 e. The van der Waals surface area contributed by atoms with E-state index in [0.29, 0.717) is 0 Å². The fourth-order valence-electron chi connectivity index (χ4n) is 1.86. The third kappa shape index (κ3) is 3.88. The van der Waals surface area contributed by atoms with Gasteiger partial charge in [-0.3, -0.25) is 4.79 Å². The van der Waals surface area contributed by atoms with Crippen molar-refractivity contribution in [3.8, 4) is 6.07 Å². The van der Waals surface area contributed by atoms with Gasteiger partial charge in [0.1, 0.15) is 5.41 Å². The molecule has 1 aromatic rings. The van der Waals surface area contributed by atoms with Crippen molar-refractivity contribution in [2.24, 2.45) is 5.41 Å². The van der Waals surface area contributed by atoms with Gasteiger partial charge in [0.2, 0.25) is 5.91 Å². The Kier molecular flexibility index (Phi) is 5.24. The highest BCUT2D eigenvalue weighted by Crippen LogP contribution is 2.34. The largest absolute Gasteiger partial charge is 0.416 e. The number of amides is 1. The molecule has 1 amide bonds. The number of carbonyl (C=O) groups excluding carboxylic acids is 1. The Morgan fingerprint density at radius 3 is 2.29 bits per heavy atom. The van der Waals surface area contributed by atoms with Gasteiger partial charge in [-0.2, -0.15) is 18.4 Å². The topological polar surface area (TPSA) is 52.9 Å². The van der Waals surface area contributed by atoms with Crippen LogP contribution in [0.4, 0.5) is 18.9 Å². The minimum Gasteiger partial charge on any atom is -0.325 e. The highest BCUT2D eigenvalue weighted by Gasteiger charge is 2.36. The second kappa shape index (κ2) is 6.35. The fraction of sp³-hybridized carbons (Fsp3) is 0.429. The summed E-state index contributed by atoms with van der Waals surface area (Å²) in [5.74, 6) is -0.634. The first-order valence-corrected chi connectivity index (χ1v) is 6.66. The first-order chi connectivity index (χ1) is 9.68. The molecule has 0 bridgehead atoms. The summed E-state index contributed by atoms with van der Waals surface area (Å²) < 4.78 is 38.1. The van der Waals surface area contributed by atoms with Gasteiger partial charge in [-0.05, 0) is 31.0 Å². The van der Waals surface area contributed by atoms with Crippen molar-refractivity contribution < 1.29 is 18.0 Å². The number of nitriles is 1. The normalized spacial score (nSPS) is 11.9. The van der Waals surface area contributed by atoms with Crippen molar-refractivity contribution >= 4 is 23.2 Å². The van der Waals surface area contributed by atoms with Crippen LogP contribution in [0.3, 0.4) is 0 Å². The maximum Gasteiger partial charge on any atom is 0.416 e. The maximum absolute atomic E-state index is 12.7. The molecule has 0 aliphatic heterocycles. The molecule has 0 aromatic heterocycles. The van der Waals surface area contributed by atoms with Gasteiger partial charge in [-0.25, -0.2) is 0 Å². The average Bonchev–Trinajstić information content (AvgIpc) is 2.39. The third-order valence-corrected chi connectivity index (χ3v) is 3.56. The van der Waals surface area contributed by atoms with Crippen molar-refractivity contribution in [2.75, 3.05) is 5.32 Å². The van der Waals surface area contributed by atoms with Crippen LogP contribution in [-0.4, -0.2) is 5.91 Å². The van der Waals surface area contributed by atoms with Gasteiger partial charge in [0.25, 0.3) is 0 Å². The SMILES string of the molecule is CCC(C#N)(CC)C(=O)Nc1cc(Cl)cc(C(F)(F)F)c1. The van der Waals surface area contributed by atoms with Crippen LogP contribution >= 0.6 is 11.6 Å². The van der Waals surface area contributed by atoms with Crippen molar-refractivity contribution in [2.45, 2.75) is 32.9 Å². The van der Waals surface area contributed by atoms with Crippen molar-refractivity contribution in [1.82, 2.24) is 0 Å². The number of nitrogens with zero attached hydrogens (tertiary/aromatic N) is 1. The van der Waals surface area contributed by atoms with E-state index in [4.69, 9.17) is 16.9 Å². The predicted molar refractivity (Wildman–Crippen MR) is 73.7 cm³/mol. The summed E-state index contributed by atoms with van der Waals surface area (Å²) in [6.07, 6.45) is -4.04. The molecule has 0 saturated carbocycles. The highest BCUT2D eigenvalue weighted by atomic mass is 35.5. The van der Waals surface area contributed by atoms with Gasteiger partial charge in [0.15, 0.2) is 0 Å². The summed E-state index contributed by atoms with van der Waals surface area (Å²) >= 11 is 5.64. The number of anilines is 1. The van der Waals surface area contributed by atoms with E-state index in [1.165, 1.54) is 6.07 Å². The second-order valence-electron chi connectivity index (χ2n) is 4.58. The summed E-state index contributed by atoms with van der Waals surface area (Å²) in [5.41, 5.74) is -2.30. The van der Waals surface area contributed by atoms with E-state index in [2.05, 4.69) is 5.32 Å². The molecule has 0 saturated heterocycles. The fourth-order valence-corrected chi connectivity index (χ4v) is 2.09. The molecule has 0 heterocycles. The van der Waals surface area contributed by atoms with Gasteiger partial charge in [0.05, 0.1) is 11.6 Å². The van der Waals surface area contributed by atoms with E-state index in [9.17, 15) is 18.0 Å². The minimum absolute atomic E-state index is 0.0821. The lowest BCUT2D eigenvalue weighted by Crippen LogP contribution is -2.34. The monoisotopic (exact) mass is 318 g/mol. The Balaban J connectivity index is 3.12. The zero-order valence-electron chi connectivity index (χ0n) is 11.5. The van der Waals surface area contributed by atoms with E-state index in [1.54, 1.807) is 13.8 Å². The Morgan fingerprint density at radius 2 is 1.86 bits per heavy atom. The van der Waals surface area contributed by atoms with Crippen LogP contribution in [0.5, 0.6) is 0 Å². The molecule has 0 fully saturated rings. The van der Waals surface area contributed by atoms with Crippen LogP contribution in [0, 0.1) is 16.7 Å². The summed E-state index contributed by atoms with van der Waals surface area (Å²) in [5, 5.41) is 11.3. The number of benzene rings is 1. The van der Waals surface area contributed by atoms with Crippen LogP contribution < -0.4 is 5.32 Å². The lowest BCUT2D eigenvalue weighted by atomic mass is 9.83. The molecule has 0 aliphatic rings. The van der Waals surface area contributed by atoms with Crippen molar-refractivity contribution in [3.05, 3.63) is 28.8 Å². The quantitative estimate of drug-likeness (QED) is 0.880. The Hall–Kier alpha value is -1.74. The zero-order chi connectivity index (χ0) is 16.3. The standard InChI is InChI=1S/C14H14ClF3N2O/c1-3-13(4-2,8-19)12(21)20-11-6-9(14(16,17)18)5-10(15)7-11/h5-7H,3-4H2,1-2H3,(H,20,21). The Bertz CT molecular complexity index is 575. The molecule has 0 radical (unpaired) electrons. The predicted octanol–water partition coefficient (Wildman–Crippen LogP) is 4.63. The minimum atomic E-state index is -4.56. The summed E-state index contributed by atoms with van der Waals surface area (Å²) in [4.78, 5) is 12.1. The van der Waals surface area contributed by atoms with E-state index < -0.39 is 23.1 Å². The van der Waals surface area contributed by atoms with Crippen LogP contribution in [0.2, 0.25) is 5.02 Å². The van der Waals surface area contributed by atoms with Crippen LogP contribution in [0.25, 0.3) is 0 Å². The number of nitrogens with one attached hydrogen (secondary N) is 1. The van der Waals surface area contributed by atoms with Gasteiger partial charge in [0, 0.05) is 10.7 Å². The lowest BCUT2D eigenvalue weighted by Gasteiger charge is -2.22. The Morgan fingerprint density at radius 1 is 1.29 bits per heavy atom. The molecule has 21 heavy (non-hydrogen) atoms. The van der Waals surface area contributed by atoms with Gasteiger partial charge in [-0.15, -0.1) is 0 Å². The second-order valence-corrected chi connectivity index (χ2v) is 5.02.